The van der Waals surface area contributed by atoms with E-state index in [1.807, 2.05) is 0 Å². The molecule has 0 atom stereocenters. The molecule has 0 aliphatic heterocycles. The molecule has 0 aromatic rings. The number of hydrogen-bond acceptors (Lipinski definition) is 2. The number of unbranched alkanes of at least 4 members (excludes halogenated alkanes) is 6. The predicted molar refractivity (Wildman–Crippen MR) is 83.5 cm³/mol. The van der Waals surface area contributed by atoms with Gasteiger partial charge in [-0.15, -0.1) is 0 Å². The van der Waals surface area contributed by atoms with Crippen LogP contribution in [0.5, 0.6) is 0 Å². The first-order valence-electron chi connectivity index (χ1n) is 8.25. The van der Waals surface area contributed by atoms with Crippen molar-refractivity contribution in [3.8, 4) is 0 Å². The normalized spacial score (nSPS) is 12.6. The minimum Gasteiger partial charge on any atom is -0.348 e. The topological polar surface area (TPSA) is 18.5 Å². The predicted octanol–water partition coefficient (Wildman–Crippen LogP) is 5.69. The van der Waals surface area contributed by atoms with Crippen LogP contribution in [0.1, 0.15) is 92.9 Å². The standard InChI is InChI=1S/C17H36O2/c1-7-8-9-10-11-12-13-14-17(6,18-15(2)3)19-16(4)5/h15-16H,7-14H2,1-6H3. The van der Waals surface area contributed by atoms with E-state index in [2.05, 4.69) is 41.5 Å². The zero-order chi connectivity index (χ0) is 14.7. The van der Waals surface area contributed by atoms with Crippen molar-refractivity contribution in [2.45, 2.75) is 111 Å². The maximum atomic E-state index is 5.97. The highest BCUT2D eigenvalue weighted by Gasteiger charge is 2.27. The fourth-order valence-corrected chi connectivity index (χ4v) is 2.55. The first-order chi connectivity index (χ1) is 8.89. The van der Waals surface area contributed by atoms with Gasteiger partial charge in [-0.3, -0.25) is 0 Å². The Labute approximate surface area is 121 Å². The van der Waals surface area contributed by atoms with E-state index in [1.54, 1.807) is 0 Å². The Kier molecular flexibility index (Phi) is 10.6. The van der Waals surface area contributed by atoms with Crippen LogP contribution in [0.15, 0.2) is 0 Å². The lowest BCUT2D eigenvalue weighted by atomic mass is 10.0. The highest BCUT2D eigenvalue weighted by atomic mass is 16.7. The Hall–Kier alpha value is -0.0800. The molecule has 0 N–H and O–H groups in total. The van der Waals surface area contributed by atoms with Gasteiger partial charge in [0.25, 0.3) is 0 Å². The second-order valence-corrected chi connectivity index (χ2v) is 6.34. The highest BCUT2D eigenvalue weighted by molar-refractivity contribution is 4.66. The molecular formula is C17H36O2. The smallest absolute Gasteiger partial charge is 0.166 e. The van der Waals surface area contributed by atoms with Gasteiger partial charge in [0.1, 0.15) is 0 Å². The summed E-state index contributed by atoms with van der Waals surface area (Å²) < 4.78 is 11.9. The molecule has 2 heteroatoms. The summed E-state index contributed by atoms with van der Waals surface area (Å²) in [6, 6.07) is 0. The van der Waals surface area contributed by atoms with Gasteiger partial charge in [-0.05, 0) is 41.0 Å². The number of rotatable bonds is 12. The van der Waals surface area contributed by atoms with Gasteiger partial charge >= 0.3 is 0 Å². The van der Waals surface area contributed by atoms with Crippen LogP contribution >= 0.6 is 0 Å². The van der Waals surface area contributed by atoms with Crippen molar-refractivity contribution >= 4 is 0 Å². The van der Waals surface area contributed by atoms with E-state index in [1.165, 1.54) is 44.9 Å². The van der Waals surface area contributed by atoms with Gasteiger partial charge in [-0.1, -0.05) is 45.4 Å². The molecule has 0 aromatic carbocycles. The number of ether oxygens (including phenoxy) is 2. The van der Waals surface area contributed by atoms with Crippen molar-refractivity contribution in [3.05, 3.63) is 0 Å². The molecule has 0 aliphatic carbocycles. The Balaban J connectivity index is 3.86. The van der Waals surface area contributed by atoms with Crippen LogP contribution in [-0.4, -0.2) is 18.0 Å². The van der Waals surface area contributed by atoms with Crippen molar-refractivity contribution in [1.82, 2.24) is 0 Å². The van der Waals surface area contributed by atoms with Crippen LogP contribution < -0.4 is 0 Å². The van der Waals surface area contributed by atoms with Gasteiger partial charge in [0.15, 0.2) is 5.79 Å². The van der Waals surface area contributed by atoms with Gasteiger partial charge in [-0.25, -0.2) is 0 Å². The van der Waals surface area contributed by atoms with Crippen molar-refractivity contribution < 1.29 is 9.47 Å². The first-order valence-corrected chi connectivity index (χ1v) is 8.25. The average Bonchev–Trinajstić information content (AvgIpc) is 2.25. The maximum absolute atomic E-state index is 5.97. The van der Waals surface area contributed by atoms with Gasteiger partial charge in [0.05, 0.1) is 12.2 Å². The highest BCUT2D eigenvalue weighted by Crippen LogP contribution is 2.25. The van der Waals surface area contributed by atoms with E-state index in [0.29, 0.717) is 0 Å². The fraction of sp³-hybridized carbons (Fsp3) is 1.00. The summed E-state index contributed by atoms with van der Waals surface area (Å²) in [6.07, 6.45) is 10.7. The maximum Gasteiger partial charge on any atom is 0.166 e. The molecule has 0 saturated carbocycles. The average molecular weight is 272 g/mol. The molecular weight excluding hydrogens is 236 g/mol. The SMILES string of the molecule is CCCCCCCCCC(C)(OC(C)C)OC(C)C. The Morgan fingerprint density at radius 1 is 0.737 bits per heavy atom. The second-order valence-electron chi connectivity index (χ2n) is 6.34. The zero-order valence-electron chi connectivity index (χ0n) is 14.1. The Bertz CT molecular complexity index is 189. The fourth-order valence-electron chi connectivity index (χ4n) is 2.55. The molecule has 0 saturated heterocycles. The molecule has 0 aromatic heterocycles. The molecule has 116 valence electrons. The minimum absolute atomic E-state index is 0.216. The summed E-state index contributed by atoms with van der Waals surface area (Å²) in [4.78, 5) is 0. The van der Waals surface area contributed by atoms with E-state index in [-0.39, 0.29) is 12.2 Å². The molecule has 0 amide bonds. The molecule has 0 bridgehead atoms. The van der Waals surface area contributed by atoms with Gasteiger partial charge < -0.3 is 9.47 Å². The quantitative estimate of drug-likeness (QED) is 0.335. The van der Waals surface area contributed by atoms with Gasteiger partial charge in [0, 0.05) is 6.42 Å². The molecule has 19 heavy (non-hydrogen) atoms. The van der Waals surface area contributed by atoms with Crippen LogP contribution in [0.3, 0.4) is 0 Å². The minimum atomic E-state index is -0.411. The lowest BCUT2D eigenvalue weighted by Crippen LogP contribution is -2.37. The second kappa shape index (κ2) is 10.7. The molecule has 0 radical (unpaired) electrons. The molecule has 0 aliphatic rings. The van der Waals surface area contributed by atoms with Crippen molar-refractivity contribution in [2.24, 2.45) is 0 Å². The van der Waals surface area contributed by atoms with Gasteiger partial charge in [-0.2, -0.15) is 0 Å². The van der Waals surface area contributed by atoms with Crippen LogP contribution in [0, 0.1) is 0 Å². The van der Waals surface area contributed by atoms with E-state index >= 15 is 0 Å². The summed E-state index contributed by atoms with van der Waals surface area (Å²) in [5, 5.41) is 0. The van der Waals surface area contributed by atoms with Crippen molar-refractivity contribution in [2.75, 3.05) is 0 Å². The summed E-state index contributed by atoms with van der Waals surface area (Å²) in [5.74, 6) is -0.411. The van der Waals surface area contributed by atoms with Crippen LogP contribution in [0.2, 0.25) is 0 Å². The van der Waals surface area contributed by atoms with Crippen LogP contribution in [0.4, 0.5) is 0 Å². The molecule has 0 spiro atoms. The third-order valence-corrected chi connectivity index (χ3v) is 3.20. The molecule has 0 rings (SSSR count). The van der Waals surface area contributed by atoms with E-state index in [9.17, 15) is 0 Å². The van der Waals surface area contributed by atoms with E-state index < -0.39 is 5.79 Å². The molecule has 2 nitrogen and oxygen atoms in total. The zero-order valence-corrected chi connectivity index (χ0v) is 14.1. The molecule has 0 fully saturated rings. The largest absolute Gasteiger partial charge is 0.348 e. The van der Waals surface area contributed by atoms with Crippen LogP contribution in [0.25, 0.3) is 0 Å². The third-order valence-electron chi connectivity index (χ3n) is 3.20. The van der Waals surface area contributed by atoms with Crippen molar-refractivity contribution in [3.63, 3.8) is 0 Å². The Morgan fingerprint density at radius 2 is 1.16 bits per heavy atom. The summed E-state index contributed by atoms with van der Waals surface area (Å²) in [5.41, 5.74) is 0. The lowest BCUT2D eigenvalue weighted by Gasteiger charge is -2.34. The third kappa shape index (κ3) is 11.4. The van der Waals surface area contributed by atoms with Gasteiger partial charge in [0.2, 0.25) is 0 Å². The summed E-state index contributed by atoms with van der Waals surface area (Å²) in [7, 11) is 0. The first kappa shape index (κ1) is 18.9. The van der Waals surface area contributed by atoms with Crippen LogP contribution in [-0.2, 0) is 9.47 Å². The lowest BCUT2D eigenvalue weighted by molar-refractivity contribution is -0.261. The van der Waals surface area contributed by atoms with E-state index in [4.69, 9.17) is 9.47 Å². The monoisotopic (exact) mass is 272 g/mol. The van der Waals surface area contributed by atoms with Crippen molar-refractivity contribution in [1.29, 1.82) is 0 Å². The molecule has 0 unspecified atom stereocenters. The molecule has 0 heterocycles. The Morgan fingerprint density at radius 3 is 1.58 bits per heavy atom. The summed E-state index contributed by atoms with van der Waals surface area (Å²) in [6.45, 7) is 12.7. The number of hydrogen-bond donors (Lipinski definition) is 0. The van der Waals surface area contributed by atoms with E-state index in [0.717, 1.165) is 6.42 Å². The summed E-state index contributed by atoms with van der Waals surface area (Å²) >= 11 is 0.